The Morgan fingerprint density at radius 1 is 1.17 bits per heavy atom. The Balaban J connectivity index is 1.44. The van der Waals surface area contributed by atoms with Crippen LogP contribution in [0.15, 0.2) is 41.4 Å². The van der Waals surface area contributed by atoms with Crippen LogP contribution in [0, 0.1) is 5.41 Å². The number of nitrogens with two attached hydrogens (primary N) is 1. The van der Waals surface area contributed by atoms with Crippen molar-refractivity contribution < 1.29 is 9.47 Å². The zero-order chi connectivity index (χ0) is 24.7. The minimum atomic E-state index is -0.0326. The molecule has 0 amide bonds. The third-order valence-corrected chi connectivity index (χ3v) is 7.14. The van der Waals surface area contributed by atoms with Gasteiger partial charge >= 0.3 is 0 Å². The van der Waals surface area contributed by atoms with Gasteiger partial charge in [-0.1, -0.05) is 18.2 Å². The van der Waals surface area contributed by atoms with Gasteiger partial charge in [0.05, 0.1) is 48.9 Å². The van der Waals surface area contributed by atoms with Crippen molar-refractivity contribution in [3.8, 4) is 11.3 Å². The van der Waals surface area contributed by atoms with E-state index in [1.54, 1.807) is 0 Å². The van der Waals surface area contributed by atoms with E-state index in [1.807, 2.05) is 30.3 Å². The van der Waals surface area contributed by atoms with Gasteiger partial charge in [0.25, 0.3) is 0 Å². The predicted molar refractivity (Wildman–Crippen MR) is 140 cm³/mol. The molecule has 0 unspecified atom stereocenters. The average Bonchev–Trinajstić information content (AvgIpc) is 3.66. The van der Waals surface area contributed by atoms with Crippen molar-refractivity contribution in [3.05, 3.63) is 42.0 Å². The standard InChI is InChI=1S/C26H30N8O2/c1-17-14-35-11-10-34(17)24-20-5-6-21(18-3-2-4-19(13-18)22(28)29-16-27)30-23(20)31-25(32-24)33-9-12-36-26(15-33)7-8-26/h2-6,13,16-17H,7-12,14-15H2,1H3,(H3,27,28,29)/t17-/m0/s1. The molecule has 10 heteroatoms. The Morgan fingerprint density at radius 3 is 2.86 bits per heavy atom. The summed E-state index contributed by atoms with van der Waals surface area (Å²) in [6, 6.07) is 11.9. The Labute approximate surface area is 209 Å². The molecule has 10 nitrogen and oxygen atoms in total. The van der Waals surface area contributed by atoms with Gasteiger partial charge in [0, 0.05) is 30.8 Å². The summed E-state index contributed by atoms with van der Waals surface area (Å²) in [5.74, 6) is 1.70. The molecular formula is C26H30N8O2. The van der Waals surface area contributed by atoms with E-state index in [-0.39, 0.29) is 17.5 Å². The number of morpholine rings is 2. The van der Waals surface area contributed by atoms with Gasteiger partial charge in [-0.25, -0.2) is 9.98 Å². The fourth-order valence-electron chi connectivity index (χ4n) is 4.98. The second kappa shape index (κ2) is 9.11. The lowest BCUT2D eigenvalue weighted by Gasteiger charge is -2.36. The highest BCUT2D eigenvalue weighted by Gasteiger charge is 2.48. The molecule has 2 saturated heterocycles. The Kier molecular flexibility index (Phi) is 5.77. The molecule has 3 fully saturated rings. The number of pyridine rings is 1. The van der Waals surface area contributed by atoms with Crippen molar-refractivity contribution in [1.29, 1.82) is 5.41 Å². The average molecular weight is 487 g/mol. The predicted octanol–water partition coefficient (Wildman–Crippen LogP) is 2.60. The van der Waals surface area contributed by atoms with Crippen LogP contribution in [0.2, 0.25) is 0 Å². The van der Waals surface area contributed by atoms with Gasteiger partial charge in [0.2, 0.25) is 5.95 Å². The number of rotatable bonds is 4. The first kappa shape index (κ1) is 22.8. The minimum absolute atomic E-state index is 0.0326. The van der Waals surface area contributed by atoms with Crippen LogP contribution in [-0.4, -0.2) is 78.2 Å². The number of benzene rings is 1. The number of aliphatic imine (C=N–C) groups is 1. The number of anilines is 2. The first-order valence-corrected chi connectivity index (χ1v) is 12.4. The Hall–Kier alpha value is -3.63. The van der Waals surface area contributed by atoms with Crippen LogP contribution in [0.1, 0.15) is 25.3 Å². The summed E-state index contributed by atoms with van der Waals surface area (Å²) in [4.78, 5) is 23.5. The monoisotopic (exact) mass is 486 g/mol. The number of aromatic nitrogens is 3. The van der Waals surface area contributed by atoms with Gasteiger partial charge in [0.15, 0.2) is 11.5 Å². The lowest BCUT2D eigenvalue weighted by Crippen LogP contribution is -2.46. The van der Waals surface area contributed by atoms with Crippen LogP contribution >= 0.6 is 0 Å². The molecule has 4 heterocycles. The second-order valence-corrected chi connectivity index (χ2v) is 9.69. The number of nitrogens with one attached hydrogen (secondary N) is 1. The summed E-state index contributed by atoms with van der Waals surface area (Å²) < 4.78 is 11.7. The molecule has 3 aliphatic rings. The summed E-state index contributed by atoms with van der Waals surface area (Å²) in [5, 5.41) is 9.03. The molecule has 6 rings (SSSR count). The Bertz CT molecular complexity index is 1340. The van der Waals surface area contributed by atoms with E-state index in [9.17, 15) is 0 Å². The van der Waals surface area contributed by atoms with E-state index in [0.717, 1.165) is 61.3 Å². The van der Waals surface area contributed by atoms with Gasteiger partial charge in [-0.15, -0.1) is 0 Å². The van der Waals surface area contributed by atoms with Crippen molar-refractivity contribution in [2.45, 2.75) is 31.4 Å². The number of hydrogen-bond donors (Lipinski definition) is 2. The second-order valence-electron chi connectivity index (χ2n) is 9.69. The van der Waals surface area contributed by atoms with Crippen molar-refractivity contribution in [2.75, 3.05) is 49.3 Å². The first-order chi connectivity index (χ1) is 17.5. The van der Waals surface area contributed by atoms with Crippen LogP contribution < -0.4 is 15.5 Å². The fraction of sp³-hybridized carbons (Fsp3) is 0.423. The number of ether oxygens (including phenoxy) is 2. The summed E-state index contributed by atoms with van der Waals surface area (Å²) in [6.45, 7) is 6.51. The topological polar surface area (TPSA) is 126 Å². The van der Waals surface area contributed by atoms with Gasteiger partial charge in [0.1, 0.15) is 5.82 Å². The third kappa shape index (κ3) is 4.27. The highest BCUT2D eigenvalue weighted by molar-refractivity contribution is 6.01. The van der Waals surface area contributed by atoms with Crippen LogP contribution in [0.4, 0.5) is 11.8 Å². The maximum absolute atomic E-state index is 8.11. The molecule has 0 radical (unpaired) electrons. The molecule has 3 N–H and O–H groups in total. The van der Waals surface area contributed by atoms with E-state index in [2.05, 4.69) is 27.8 Å². The molecule has 1 aromatic carbocycles. The van der Waals surface area contributed by atoms with Crippen molar-refractivity contribution in [2.24, 2.45) is 10.7 Å². The summed E-state index contributed by atoms with van der Waals surface area (Å²) in [6.07, 6.45) is 3.31. The smallest absolute Gasteiger partial charge is 0.229 e. The van der Waals surface area contributed by atoms with E-state index in [0.29, 0.717) is 37.0 Å². The maximum atomic E-state index is 8.11. The van der Waals surface area contributed by atoms with Gasteiger partial charge in [-0.05, 0) is 38.0 Å². The third-order valence-electron chi connectivity index (χ3n) is 7.14. The fourth-order valence-corrected chi connectivity index (χ4v) is 4.98. The molecular weight excluding hydrogens is 456 g/mol. The van der Waals surface area contributed by atoms with Crippen molar-refractivity contribution in [3.63, 3.8) is 0 Å². The van der Waals surface area contributed by atoms with E-state index in [4.69, 9.17) is 35.6 Å². The first-order valence-electron chi connectivity index (χ1n) is 12.4. The van der Waals surface area contributed by atoms with E-state index >= 15 is 0 Å². The molecule has 1 spiro atoms. The molecule has 1 aliphatic carbocycles. The van der Waals surface area contributed by atoms with Crippen molar-refractivity contribution in [1.82, 2.24) is 15.0 Å². The van der Waals surface area contributed by atoms with Crippen LogP contribution in [0.3, 0.4) is 0 Å². The summed E-state index contributed by atoms with van der Waals surface area (Å²) in [7, 11) is 0. The maximum Gasteiger partial charge on any atom is 0.229 e. The van der Waals surface area contributed by atoms with Gasteiger partial charge in [-0.3, -0.25) is 5.41 Å². The molecule has 1 atom stereocenters. The molecule has 2 aliphatic heterocycles. The van der Waals surface area contributed by atoms with Crippen molar-refractivity contribution >= 4 is 35.0 Å². The van der Waals surface area contributed by atoms with Crippen LogP contribution in [0.25, 0.3) is 22.3 Å². The highest BCUT2D eigenvalue weighted by Crippen LogP contribution is 2.43. The number of hydrogen-bond acceptors (Lipinski definition) is 8. The van der Waals surface area contributed by atoms with Crippen LogP contribution in [0.5, 0.6) is 0 Å². The molecule has 2 aromatic heterocycles. The highest BCUT2D eigenvalue weighted by atomic mass is 16.5. The zero-order valence-corrected chi connectivity index (χ0v) is 20.4. The molecule has 3 aromatic rings. The largest absolute Gasteiger partial charge is 0.390 e. The zero-order valence-electron chi connectivity index (χ0n) is 20.4. The molecule has 0 bridgehead atoms. The summed E-state index contributed by atoms with van der Waals surface area (Å²) in [5.41, 5.74) is 8.34. The van der Waals surface area contributed by atoms with Gasteiger partial charge < -0.3 is 25.0 Å². The lowest BCUT2D eigenvalue weighted by atomic mass is 10.1. The molecule has 1 saturated carbocycles. The quantitative estimate of drug-likeness (QED) is 0.426. The number of nitrogens with zero attached hydrogens (tertiary/aromatic N) is 6. The lowest BCUT2D eigenvalue weighted by molar-refractivity contribution is 0.0201. The SMILES string of the molecule is C[C@H]1COCCN1c1nc(N2CCOC3(CC3)C2)nc2nc(-c3cccc(C(=N)/N=C\N)c3)ccc12. The molecule has 186 valence electrons. The van der Waals surface area contributed by atoms with E-state index in [1.165, 1.54) is 0 Å². The number of fused-ring (bicyclic) bond motifs is 1. The summed E-state index contributed by atoms with van der Waals surface area (Å²) >= 11 is 0. The van der Waals surface area contributed by atoms with E-state index < -0.39 is 0 Å². The van der Waals surface area contributed by atoms with Crippen LogP contribution in [-0.2, 0) is 9.47 Å². The Morgan fingerprint density at radius 2 is 2.06 bits per heavy atom. The van der Waals surface area contributed by atoms with Gasteiger partial charge in [-0.2, -0.15) is 9.97 Å². The minimum Gasteiger partial charge on any atom is -0.390 e. The number of amidine groups is 1. The molecule has 36 heavy (non-hydrogen) atoms. The normalized spacial score (nSPS) is 21.4.